The van der Waals surface area contributed by atoms with Crippen LogP contribution in [0.2, 0.25) is 0 Å². The molecule has 0 N–H and O–H groups in total. The van der Waals surface area contributed by atoms with Crippen LogP contribution >= 0.6 is 0 Å². The Morgan fingerprint density at radius 3 is 2.28 bits per heavy atom. The third-order valence-corrected chi connectivity index (χ3v) is 12.8. The largest absolute Gasteiger partial charge is 0.449 e. The molecule has 0 bridgehead atoms. The van der Waals surface area contributed by atoms with E-state index in [4.69, 9.17) is 9.47 Å². The van der Waals surface area contributed by atoms with Gasteiger partial charge in [0.25, 0.3) is 0 Å². The van der Waals surface area contributed by atoms with Gasteiger partial charge in [-0.3, -0.25) is 0 Å². The van der Waals surface area contributed by atoms with Gasteiger partial charge in [0, 0.05) is 28.2 Å². The van der Waals surface area contributed by atoms with Crippen molar-refractivity contribution in [1.82, 2.24) is 0 Å². The van der Waals surface area contributed by atoms with Gasteiger partial charge in [-0.05, 0) is 99.7 Å². The van der Waals surface area contributed by atoms with Gasteiger partial charge in [-0.15, -0.1) is 0 Å². The minimum atomic E-state index is -0.260. The molecule has 1 aliphatic heterocycles. The minimum absolute atomic E-state index is 0.0601. The first kappa shape index (κ1) is 37.2. The fraction of sp³-hybridized carbons (Fsp3) is 0.179. The molecule has 3 unspecified atom stereocenters. The molecule has 2 nitrogen and oxygen atoms in total. The summed E-state index contributed by atoms with van der Waals surface area (Å²) in [5.74, 6) is 3.41. The van der Waals surface area contributed by atoms with E-state index in [2.05, 4.69) is 217 Å². The first-order valence-corrected chi connectivity index (χ1v) is 20.6. The summed E-state index contributed by atoms with van der Waals surface area (Å²) >= 11 is 0. The van der Waals surface area contributed by atoms with E-state index >= 15 is 0 Å². The molecule has 5 aromatic carbocycles. The molecule has 9 rings (SSSR count). The summed E-state index contributed by atoms with van der Waals surface area (Å²) in [5, 5.41) is 0. The third kappa shape index (κ3) is 6.19. The molecule has 0 fully saturated rings. The Morgan fingerprint density at radius 1 is 0.724 bits per heavy atom. The Hall–Kier alpha value is -6.38. The van der Waals surface area contributed by atoms with Crippen LogP contribution in [-0.4, -0.2) is 0 Å². The standard InChI is InChI=1S/C56H50O2/c1-7-18-37(3)56(6)48-27-17-15-25-46(48)53-49(56)31-33-51-54(53)58-50-32-29-40(36-52(50)57-51)43-23-13-14-24-45(43)44(39-20-10-9-11-21-39)30-28-38(19-8-2)34-42-35-41-22-12-16-26-47(41)55(42,4)5/h7-27,29-36,46,48H,3,28H2,1-2,4-6H3/b18-7-,19-8-,38-34+,44-30+. The lowest BCUT2D eigenvalue weighted by molar-refractivity contribution is 0.355. The summed E-state index contributed by atoms with van der Waals surface area (Å²) in [6, 6.07) is 38.9. The van der Waals surface area contributed by atoms with Crippen molar-refractivity contribution in [2.45, 2.75) is 57.8 Å². The highest BCUT2D eigenvalue weighted by Gasteiger charge is 2.51. The van der Waals surface area contributed by atoms with Crippen molar-refractivity contribution in [2.75, 3.05) is 0 Å². The van der Waals surface area contributed by atoms with Crippen LogP contribution in [0, 0.1) is 5.92 Å². The van der Waals surface area contributed by atoms with Crippen LogP contribution in [0.1, 0.15) is 80.3 Å². The van der Waals surface area contributed by atoms with Gasteiger partial charge in [0.05, 0.1) is 0 Å². The number of allylic oxidation sites excluding steroid dienone is 13. The molecular formula is C56H50O2. The molecule has 58 heavy (non-hydrogen) atoms. The Kier molecular flexibility index (Phi) is 9.53. The van der Waals surface area contributed by atoms with Gasteiger partial charge in [0.1, 0.15) is 0 Å². The van der Waals surface area contributed by atoms with Crippen molar-refractivity contribution in [3.63, 3.8) is 0 Å². The van der Waals surface area contributed by atoms with Gasteiger partial charge < -0.3 is 9.47 Å². The van der Waals surface area contributed by atoms with Gasteiger partial charge >= 0.3 is 0 Å². The SMILES string of the molecule is C=C(/C=C\C)C1(C)c2ccc3c(c2C2C=CC=CC21)Oc1ccc(-c2ccccc2/C(=C/CC(/C=C\C)=C/C2=Cc4ccccc4C2(C)C)c2ccccc2)cc1O3. The van der Waals surface area contributed by atoms with Crippen LogP contribution in [0.3, 0.4) is 0 Å². The Balaban J connectivity index is 1.07. The highest BCUT2D eigenvalue weighted by atomic mass is 16.6. The third-order valence-electron chi connectivity index (χ3n) is 12.8. The molecule has 0 spiro atoms. The number of hydrogen-bond donors (Lipinski definition) is 0. The van der Waals surface area contributed by atoms with Crippen LogP contribution in [0.4, 0.5) is 0 Å². The zero-order chi connectivity index (χ0) is 40.0. The average Bonchev–Trinajstić information content (AvgIpc) is 3.67. The molecule has 0 aromatic heterocycles. The van der Waals surface area contributed by atoms with Crippen molar-refractivity contribution in [1.29, 1.82) is 0 Å². The van der Waals surface area contributed by atoms with Crippen LogP contribution in [0.5, 0.6) is 23.0 Å². The van der Waals surface area contributed by atoms with Gasteiger partial charge in [-0.2, -0.15) is 0 Å². The minimum Gasteiger partial charge on any atom is -0.449 e. The maximum atomic E-state index is 6.86. The van der Waals surface area contributed by atoms with Crippen LogP contribution in [0.25, 0.3) is 22.8 Å². The first-order valence-electron chi connectivity index (χ1n) is 20.6. The topological polar surface area (TPSA) is 18.5 Å². The van der Waals surface area contributed by atoms with E-state index in [-0.39, 0.29) is 22.7 Å². The smallest absolute Gasteiger partial charge is 0.174 e. The molecule has 0 saturated carbocycles. The lowest BCUT2D eigenvalue weighted by Gasteiger charge is -2.34. The van der Waals surface area contributed by atoms with E-state index in [1.54, 1.807) is 0 Å². The molecule has 3 aliphatic carbocycles. The quantitative estimate of drug-likeness (QED) is 0.137. The van der Waals surface area contributed by atoms with Crippen molar-refractivity contribution in [2.24, 2.45) is 5.92 Å². The van der Waals surface area contributed by atoms with Crippen molar-refractivity contribution in [3.8, 4) is 34.1 Å². The molecule has 0 saturated heterocycles. The maximum absolute atomic E-state index is 6.86. The van der Waals surface area contributed by atoms with Crippen LogP contribution in [-0.2, 0) is 10.8 Å². The summed E-state index contributed by atoms with van der Waals surface area (Å²) < 4.78 is 13.6. The van der Waals surface area contributed by atoms with E-state index in [0.717, 1.165) is 40.4 Å². The second-order valence-corrected chi connectivity index (χ2v) is 16.5. The molecule has 0 radical (unpaired) electrons. The summed E-state index contributed by atoms with van der Waals surface area (Å²) in [5.41, 5.74) is 14.2. The summed E-state index contributed by atoms with van der Waals surface area (Å²) in [6.07, 6.45) is 25.5. The molecule has 2 heteroatoms. The van der Waals surface area contributed by atoms with E-state index in [0.29, 0.717) is 5.75 Å². The van der Waals surface area contributed by atoms with Crippen molar-refractivity contribution in [3.05, 3.63) is 227 Å². The summed E-state index contributed by atoms with van der Waals surface area (Å²) in [7, 11) is 0. The van der Waals surface area contributed by atoms with Crippen molar-refractivity contribution >= 4 is 11.6 Å². The molecule has 5 aromatic rings. The second-order valence-electron chi connectivity index (χ2n) is 16.5. The molecule has 1 heterocycles. The number of rotatable bonds is 9. The monoisotopic (exact) mass is 754 g/mol. The molecule has 0 amide bonds. The molecule has 3 atom stereocenters. The number of hydrogen-bond acceptors (Lipinski definition) is 2. The van der Waals surface area contributed by atoms with Gasteiger partial charge in [-0.25, -0.2) is 0 Å². The van der Waals surface area contributed by atoms with Crippen molar-refractivity contribution < 1.29 is 9.47 Å². The average molecular weight is 755 g/mol. The highest BCUT2D eigenvalue weighted by Crippen LogP contribution is 2.62. The van der Waals surface area contributed by atoms with Crippen LogP contribution in [0.15, 0.2) is 193 Å². The van der Waals surface area contributed by atoms with E-state index in [1.165, 1.54) is 50.1 Å². The van der Waals surface area contributed by atoms with E-state index < -0.39 is 0 Å². The lowest BCUT2D eigenvalue weighted by Crippen LogP contribution is -2.30. The predicted octanol–water partition coefficient (Wildman–Crippen LogP) is 15.2. The zero-order valence-electron chi connectivity index (χ0n) is 34.1. The fourth-order valence-corrected chi connectivity index (χ4v) is 9.69. The van der Waals surface area contributed by atoms with E-state index in [1.807, 2.05) is 0 Å². The molecular weight excluding hydrogens is 705 g/mol. The van der Waals surface area contributed by atoms with Crippen LogP contribution < -0.4 is 9.47 Å². The molecule has 4 aliphatic rings. The van der Waals surface area contributed by atoms with Gasteiger partial charge in [0.15, 0.2) is 23.0 Å². The van der Waals surface area contributed by atoms with Gasteiger partial charge in [0.2, 0.25) is 0 Å². The summed E-state index contributed by atoms with van der Waals surface area (Å²) in [4.78, 5) is 0. The fourth-order valence-electron chi connectivity index (χ4n) is 9.69. The Labute approximate surface area is 344 Å². The Bertz CT molecular complexity index is 2670. The van der Waals surface area contributed by atoms with E-state index in [9.17, 15) is 0 Å². The molecule has 286 valence electrons. The summed E-state index contributed by atoms with van der Waals surface area (Å²) in [6.45, 7) is 15.7. The number of fused-ring (bicyclic) bond motifs is 7. The highest BCUT2D eigenvalue weighted by molar-refractivity contribution is 5.89. The first-order chi connectivity index (χ1) is 28.2. The second kappa shape index (κ2) is 14.8. The predicted molar refractivity (Wildman–Crippen MR) is 243 cm³/mol. The zero-order valence-corrected chi connectivity index (χ0v) is 34.1. The number of benzene rings is 5. The normalized spacial score (nSPS) is 21.2. The lowest BCUT2D eigenvalue weighted by atomic mass is 9.68. The number of ether oxygens (including phenoxy) is 2. The van der Waals surface area contributed by atoms with Gasteiger partial charge in [-0.1, -0.05) is 185 Å². The Morgan fingerprint density at radius 2 is 1.47 bits per heavy atom. The maximum Gasteiger partial charge on any atom is 0.174 e.